The largest absolute Gasteiger partial charge is 0.493 e. The van der Waals surface area contributed by atoms with Crippen molar-refractivity contribution in [2.45, 2.75) is 6.42 Å². The minimum absolute atomic E-state index is 0.0212. The van der Waals surface area contributed by atoms with E-state index in [4.69, 9.17) is 19.3 Å². The summed E-state index contributed by atoms with van der Waals surface area (Å²) in [6, 6.07) is 13.4. The molecule has 29 heavy (non-hydrogen) atoms. The highest BCUT2D eigenvalue weighted by Gasteiger charge is 2.12. The van der Waals surface area contributed by atoms with Gasteiger partial charge in [0.15, 0.2) is 11.5 Å². The molecule has 0 bridgehead atoms. The zero-order chi connectivity index (χ0) is 21.2. The molecule has 0 aromatic heterocycles. The molecule has 0 aliphatic carbocycles. The van der Waals surface area contributed by atoms with Gasteiger partial charge in [-0.15, -0.1) is 0 Å². The Morgan fingerprint density at radius 2 is 1.90 bits per heavy atom. The third-order valence-corrected chi connectivity index (χ3v) is 3.76. The van der Waals surface area contributed by atoms with Crippen LogP contribution in [0.1, 0.15) is 12.0 Å². The monoisotopic (exact) mass is 396 g/mol. The van der Waals surface area contributed by atoms with Gasteiger partial charge in [0.1, 0.15) is 17.4 Å². The Bertz CT molecular complexity index is 962. The van der Waals surface area contributed by atoms with Gasteiger partial charge in [0.2, 0.25) is 0 Å². The van der Waals surface area contributed by atoms with Crippen LogP contribution in [0.3, 0.4) is 0 Å². The predicted octanol–water partition coefficient (Wildman–Crippen LogP) is 3.10. The zero-order valence-corrected chi connectivity index (χ0v) is 16.0. The van der Waals surface area contributed by atoms with E-state index in [2.05, 4.69) is 5.32 Å². The highest BCUT2D eigenvalue weighted by Crippen LogP contribution is 2.30. The first-order valence-electron chi connectivity index (χ1n) is 8.56. The number of methoxy groups -OCH3 is 2. The number of carbonyl (C=O) groups excluding carboxylic acids is 1. The highest BCUT2D eigenvalue weighted by molar-refractivity contribution is 6.09. The lowest BCUT2D eigenvalue weighted by Gasteiger charge is -2.10. The van der Waals surface area contributed by atoms with Gasteiger partial charge in [-0.2, -0.15) is 5.26 Å². The number of carboxylic acids is 1. The standard InChI is InChI=1S/C21H20N2O6/c1-27-18-7-6-16(12-19(18)28-2)23-21(26)15(13-22)10-14-4-3-5-17(11-14)29-9-8-20(24)25/h3-7,10-12H,8-9H2,1-2H3,(H,23,26)(H,24,25)/b15-10-. The van der Waals surface area contributed by atoms with Crippen LogP contribution in [0.15, 0.2) is 48.0 Å². The maximum Gasteiger partial charge on any atom is 0.306 e. The maximum atomic E-state index is 12.5. The Morgan fingerprint density at radius 3 is 2.55 bits per heavy atom. The van der Waals surface area contributed by atoms with E-state index in [0.717, 1.165) is 0 Å². The lowest BCUT2D eigenvalue weighted by Crippen LogP contribution is -2.13. The minimum Gasteiger partial charge on any atom is -0.493 e. The molecule has 0 aliphatic rings. The number of rotatable bonds is 9. The third-order valence-electron chi connectivity index (χ3n) is 3.76. The van der Waals surface area contributed by atoms with Gasteiger partial charge in [0.25, 0.3) is 5.91 Å². The SMILES string of the molecule is COc1ccc(NC(=O)/C(C#N)=C\c2cccc(OCCC(=O)O)c2)cc1OC. The number of carbonyl (C=O) groups is 2. The summed E-state index contributed by atoms with van der Waals surface area (Å²) in [4.78, 5) is 23.0. The van der Waals surface area contributed by atoms with E-state index in [1.54, 1.807) is 42.5 Å². The van der Waals surface area contributed by atoms with Crippen LogP contribution in [-0.4, -0.2) is 37.8 Å². The van der Waals surface area contributed by atoms with Gasteiger partial charge in [-0.05, 0) is 35.9 Å². The normalized spacial score (nSPS) is 10.6. The zero-order valence-electron chi connectivity index (χ0n) is 16.0. The fourth-order valence-corrected chi connectivity index (χ4v) is 2.38. The lowest BCUT2D eigenvalue weighted by atomic mass is 10.1. The topological polar surface area (TPSA) is 118 Å². The number of nitrogens with zero attached hydrogens (tertiary/aromatic N) is 1. The highest BCUT2D eigenvalue weighted by atomic mass is 16.5. The average molecular weight is 396 g/mol. The van der Waals surface area contributed by atoms with Crippen LogP contribution in [0.2, 0.25) is 0 Å². The van der Waals surface area contributed by atoms with Crippen LogP contribution >= 0.6 is 0 Å². The van der Waals surface area contributed by atoms with Crippen molar-refractivity contribution >= 4 is 23.6 Å². The Labute approximate surface area is 167 Å². The predicted molar refractivity (Wildman–Crippen MR) is 106 cm³/mol. The van der Waals surface area contributed by atoms with Gasteiger partial charge in [0.05, 0.1) is 27.2 Å². The van der Waals surface area contributed by atoms with Gasteiger partial charge in [-0.1, -0.05) is 12.1 Å². The maximum absolute atomic E-state index is 12.5. The molecular formula is C21H20N2O6. The van der Waals surface area contributed by atoms with Crippen molar-refractivity contribution in [1.29, 1.82) is 5.26 Å². The summed E-state index contributed by atoms with van der Waals surface area (Å²) in [7, 11) is 2.99. The van der Waals surface area contributed by atoms with E-state index < -0.39 is 11.9 Å². The van der Waals surface area contributed by atoms with E-state index >= 15 is 0 Å². The molecule has 150 valence electrons. The molecule has 0 spiro atoms. The second-order valence-electron chi connectivity index (χ2n) is 5.76. The van der Waals surface area contributed by atoms with Crippen LogP contribution in [0.4, 0.5) is 5.69 Å². The van der Waals surface area contributed by atoms with E-state index in [9.17, 15) is 14.9 Å². The molecule has 2 N–H and O–H groups in total. The second-order valence-corrected chi connectivity index (χ2v) is 5.76. The molecule has 2 rings (SSSR count). The van der Waals surface area contributed by atoms with Crippen LogP contribution < -0.4 is 19.5 Å². The van der Waals surface area contributed by atoms with Gasteiger partial charge < -0.3 is 24.6 Å². The lowest BCUT2D eigenvalue weighted by molar-refractivity contribution is -0.137. The summed E-state index contributed by atoms with van der Waals surface area (Å²) in [5, 5.41) is 20.7. The number of benzene rings is 2. The molecule has 0 aliphatic heterocycles. The first-order chi connectivity index (χ1) is 14.0. The molecule has 2 aromatic carbocycles. The molecule has 0 saturated heterocycles. The van der Waals surface area contributed by atoms with Crippen molar-refractivity contribution in [2.75, 3.05) is 26.1 Å². The molecule has 0 heterocycles. The Hall–Kier alpha value is -3.99. The summed E-state index contributed by atoms with van der Waals surface area (Å²) >= 11 is 0. The fourth-order valence-electron chi connectivity index (χ4n) is 2.38. The molecular weight excluding hydrogens is 376 g/mol. The summed E-state index contributed by atoms with van der Waals surface area (Å²) in [5.41, 5.74) is 0.902. The van der Waals surface area contributed by atoms with Crippen molar-refractivity contribution in [3.63, 3.8) is 0 Å². The molecule has 8 heteroatoms. The van der Waals surface area contributed by atoms with Crippen LogP contribution in [0, 0.1) is 11.3 Å². The molecule has 2 aromatic rings. The number of nitrogens with one attached hydrogen (secondary N) is 1. The van der Waals surface area contributed by atoms with Crippen molar-refractivity contribution in [1.82, 2.24) is 0 Å². The number of amides is 1. The van der Waals surface area contributed by atoms with Crippen LogP contribution in [0.25, 0.3) is 6.08 Å². The molecule has 8 nitrogen and oxygen atoms in total. The Balaban J connectivity index is 2.14. The number of anilines is 1. The number of nitriles is 1. The Morgan fingerprint density at radius 1 is 1.14 bits per heavy atom. The minimum atomic E-state index is -0.959. The molecule has 0 unspecified atom stereocenters. The fraction of sp³-hybridized carbons (Fsp3) is 0.190. The third kappa shape index (κ3) is 6.29. The van der Waals surface area contributed by atoms with E-state index in [1.165, 1.54) is 20.3 Å². The number of aliphatic carboxylic acids is 1. The first-order valence-corrected chi connectivity index (χ1v) is 8.56. The smallest absolute Gasteiger partial charge is 0.306 e. The Kier molecular flexibility index (Phi) is 7.62. The number of hydrogen-bond acceptors (Lipinski definition) is 6. The average Bonchev–Trinajstić information content (AvgIpc) is 2.71. The second kappa shape index (κ2) is 10.4. The molecule has 0 fully saturated rings. The molecule has 1 amide bonds. The van der Waals surface area contributed by atoms with Crippen molar-refractivity contribution in [3.8, 4) is 23.3 Å². The summed E-state index contributed by atoms with van der Waals surface area (Å²) < 4.78 is 15.7. The number of hydrogen-bond donors (Lipinski definition) is 2. The van der Waals surface area contributed by atoms with Gasteiger partial charge in [0, 0.05) is 11.8 Å². The van der Waals surface area contributed by atoms with Crippen molar-refractivity contribution in [3.05, 3.63) is 53.6 Å². The van der Waals surface area contributed by atoms with E-state index in [-0.39, 0.29) is 18.6 Å². The van der Waals surface area contributed by atoms with Gasteiger partial charge in [-0.3, -0.25) is 9.59 Å². The van der Waals surface area contributed by atoms with Crippen LogP contribution in [0.5, 0.6) is 17.2 Å². The van der Waals surface area contributed by atoms with Crippen LogP contribution in [-0.2, 0) is 9.59 Å². The summed E-state index contributed by atoms with van der Waals surface area (Å²) in [5.74, 6) is -0.144. The summed E-state index contributed by atoms with van der Waals surface area (Å²) in [6.45, 7) is 0.0212. The quantitative estimate of drug-likeness (QED) is 0.494. The van der Waals surface area contributed by atoms with Gasteiger partial charge in [-0.25, -0.2) is 0 Å². The van der Waals surface area contributed by atoms with Gasteiger partial charge >= 0.3 is 5.97 Å². The van der Waals surface area contributed by atoms with E-state index in [0.29, 0.717) is 28.5 Å². The van der Waals surface area contributed by atoms with Crippen molar-refractivity contribution < 1.29 is 28.9 Å². The number of ether oxygens (including phenoxy) is 3. The molecule has 0 saturated carbocycles. The number of carboxylic acid groups (broad SMARTS) is 1. The molecule has 0 radical (unpaired) electrons. The first kappa shape index (κ1) is 21.3. The molecule has 0 atom stereocenters. The van der Waals surface area contributed by atoms with Crippen molar-refractivity contribution in [2.24, 2.45) is 0 Å². The summed E-state index contributed by atoms with van der Waals surface area (Å²) in [6.07, 6.45) is 1.29. The van der Waals surface area contributed by atoms with E-state index in [1.807, 2.05) is 6.07 Å².